The van der Waals surface area contributed by atoms with E-state index in [1.54, 1.807) is 0 Å². The van der Waals surface area contributed by atoms with Crippen LogP contribution in [0.3, 0.4) is 0 Å². The molecular weight excluding hydrogens is 258 g/mol. The topological polar surface area (TPSA) is 23.5 Å². The second-order valence-electron chi connectivity index (χ2n) is 6.22. The summed E-state index contributed by atoms with van der Waals surface area (Å²) in [7, 11) is 0. The molecule has 1 aliphatic rings. The molecule has 1 heterocycles. The number of aryl methyl sites for hydroxylation is 1. The largest absolute Gasteiger partial charge is 0.387 e. The van der Waals surface area contributed by atoms with Crippen LogP contribution in [-0.2, 0) is 6.42 Å². The molecule has 1 aliphatic heterocycles. The number of rotatable bonds is 3. The summed E-state index contributed by atoms with van der Waals surface area (Å²) in [5, 5.41) is 10.6. The van der Waals surface area contributed by atoms with Gasteiger partial charge >= 0.3 is 0 Å². The Morgan fingerprint density at radius 1 is 1.14 bits per heavy atom. The van der Waals surface area contributed by atoms with Crippen LogP contribution in [0.15, 0.2) is 48.5 Å². The van der Waals surface area contributed by atoms with E-state index in [1.165, 1.54) is 11.3 Å². The molecule has 2 heteroatoms. The number of anilines is 1. The molecule has 3 rings (SSSR count). The van der Waals surface area contributed by atoms with E-state index in [2.05, 4.69) is 49.1 Å². The lowest BCUT2D eigenvalue weighted by Gasteiger charge is -2.36. The summed E-state index contributed by atoms with van der Waals surface area (Å²) in [6.45, 7) is 6.01. The average Bonchev–Trinajstić information content (AvgIpc) is 2.47. The quantitative estimate of drug-likeness (QED) is 0.926. The molecule has 0 aliphatic carbocycles. The van der Waals surface area contributed by atoms with Gasteiger partial charge in [-0.05, 0) is 42.0 Å². The summed E-state index contributed by atoms with van der Waals surface area (Å²) in [5.41, 5.74) is 4.87. The van der Waals surface area contributed by atoms with Crippen LogP contribution in [0.5, 0.6) is 0 Å². The molecule has 0 saturated heterocycles. The summed E-state index contributed by atoms with van der Waals surface area (Å²) in [5.74, 6) is 0.629. The lowest BCUT2D eigenvalue weighted by atomic mass is 9.93. The van der Waals surface area contributed by atoms with E-state index in [1.807, 2.05) is 18.2 Å². The maximum absolute atomic E-state index is 10.6. The molecule has 0 saturated carbocycles. The Hall–Kier alpha value is -1.80. The summed E-state index contributed by atoms with van der Waals surface area (Å²) in [4.78, 5) is 2.33. The average molecular weight is 281 g/mol. The van der Waals surface area contributed by atoms with Crippen LogP contribution in [0.2, 0.25) is 0 Å². The number of para-hydroxylation sites is 1. The number of hydrogen-bond donors (Lipinski definition) is 1. The molecule has 2 nitrogen and oxygen atoms in total. The first kappa shape index (κ1) is 14.2. The highest BCUT2D eigenvalue weighted by molar-refractivity contribution is 5.56. The molecule has 1 N–H and O–H groups in total. The van der Waals surface area contributed by atoms with Gasteiger partial charge in [0.15, 0.2) is 0 Å². The number of aliphatic hydroxyl groups is 1. The zero-order valence-corrected chi connectivity index (χ0v) is 12.8. The number of hydrogen-bond acceptors (Lipinski definition) is 2. The van der Waals surface area contributed by atoms with Gasteiger partial charge in [-0.2, -0.15) is 0 Å². The van der Waals surface area contributed by atoms with Crippen LogP contribution in [-0.4, -0.2) is 18.2 Å². The Bertz CT molecular complexity index is 622. The predicted molar refractivity (Wildman–Crippen MR) is 87.7 cm³/mol. The van der Waals surface area contributed by atoms with Gasteiger partial charge < -0.3 is 10.0 Å². The van der Waals surface area contributed by atoms with Crippen LogP contribution in [0, 0.1) is 12.8 Å². The molecular formula is C19H23NO. The molecule has 2 unspecified atom stereocenters. The predicted octanol–water partition coefficient (Wildman–Crippen LogP) is 3.73. The van der Waals surface area contributed by atoms with E-state index in [0.29, 0.717) is 12.5 Å². The van der Waals surface area contributed by atoms with Gasteiger partial charge in [0.25, 0.3) is 0 Å². The first-order valence-corrected chi connectivity index (χ1v) is 7.71. The zero-order valence-electron chi connectivity index (χ0n) is 12.8. The van der Waals surface area contributed by atoms with Gasteiger partial charge in [0.2, 0.25) is 0 Å². The number of nitrogens with zero attached hydrogens (tertiary/aromatic N) is 1. The Labute approximate surface area is 127 Å². The van der Waals surface area contributed by atoms with E-state index < -0.39 is 6.10 Å². The standard InChI is InChI=1S/C19H23NO/c1-14-11-16-8-4-6-10-18(16)20(12-14)13-19(21)17-9-5-3-7-15(17)2/h3-10,14,19,21H,11-13H2,1-2H3. The Morgan fingerprint density at radius 3 is 2.67 bits per heavy atom. The first-order chi connectivity index (χ1) is 10.1. The molecule has 0 bridgehead atoms. The van der Waals surface area contributed by atoms with Gasteiger partial charge in [-0.25, -0.2) is 0 Å². The molecule has 2 aromatic rings. The molecule has 2 atom stereocenters. The summed E-state index contributed by atoms with van der Waals surface area (Å²) >= 11 is 0. The fourth-order valence-corrected chi connectivity index (χ4v) is 3.35. The highest BCUT2D eigenvalue weighted by atomic mass is 16.3. The minimum atomic E-state index is -0.440. The minimum absolute atomic E-state index is 0.440. The third kappa shape index (κ3) is 2.96. The Balaban J connectivity index is 1.83. The fraction of sp³-hybridized carbons (Fsp3) is 0.368. The Kier molecular flexibility index (Phi) is 3.98. The van der Waals surface area contributed by atoms with Crippen molar-refractivity contribution in [3.63, 3.8) is 0 Å². The lowest BCUT2D eigenvalue weighted by Crippen LogP contribution is -2.37. The summed E-state index contributed by atoms with van der Waals surface area (Å²) < 4.78 is 0. The van der Waals surface area contributed by atoms with Gasteiger partial charge in [-0.15, -0.1) is 0 Å². The van der Waals surface area contributed by atoms with Crippen molar-refractivity contribution in [2.45, 2.75) is 26.4 Å². The lowest BCUT2D eigenvalue weighted by molar-refractivity contribution is 0.180. The molecule has 0 spiro atoms. The van der Waals surface area contributed by atoms with Crippen LogP contribution < -0.4 is 4.90 Å². The van der Waals surface area contributed by atoms with Crippen LogP contribution >= 0.6 is 0 Å². The van der Waals surface area contributed by atoms with E-state index in [-0.39, 0.29) is 0 Å². The maximum atomic E-state index is 10.6. The van der Waals surface area contributed by atoms with Crippen LogP contribution in [0.25, 0.3) is 0 Å². The van der Waals surface area contributed by atoms with Crippen molar-refractivity contribution in [3.8, 4) is 0 Å². The third-order valence-electron chi connectivity index (χ3n) is 4.37. The van der Waals surface area contributed by atoms with Crippen molar-refractivity contribution in [1.29, 1.82) is 0 Å². The number of β-amino-alcohol motifs (C(OH)–C–C–N with tert-alkyl or cyclic N) is 1. The molecule has 0 fully saturated rings. The third-order valence-corrected chi connectivity index (χ3v) is 4.37. The molecule has 2 aromatic carbocycles. The van der Waals surface area contributed by atoms with E-state index in [0.717, 1.165) is 24.1 Å². The highest BCUT2D eigenvalue weighted by Crippen LogP contribution is 2.31. The van der Waals surface area contributed by atoms with E-state index in [9.17, 15) is 5.11 Å². The molecule has 110 valence electrons. The number of benzene rings is 2. The van der Waals surface area contributed by atoms with Gasteiger partial charge in [-0.1, -0.05) is 49.4 Å². The van der Waals surface area contributed by atoms with Crippen molar-refractivity contribution >= 4 is 5.69 Å². The second-order valence-corrected chi connectivity index (χ2v) is 6.22. The second kappa shape index (κ2) is 5.90. The van der Waals surface area contributed by atoms with Gasteiger partial charge in [-0.3, -0.25) is 0 Å². The Morgan fingerprint density at radius 2 is 1.86 bits per heavy atom. The van der Waals surface area contributed by atoms with Crippen LogP contribution in [0.4, 0.5) is 5.69 Å². The van der Waals surface area contributed by atoms with Crippen molar-refractivity contribution in [2.24, 2.45) is 5.92 Å². The normalized spacial score (nSPS) is 19.2. The summed E-state index contributed by atoms with van der Waals surface area (Å²) in [6.07, 6.45) is 0.692. The van der Waals surface area contributed by atoms with Crippen LogP contribution in [0.1, 0.15) is 29.7 Å². The van der Waals surface area contributed by atoms with Crippen molar-refractivity contribution in [1.82, 2.24) is 0 Å². The SMILES string of the molecule is Cc1ccccc1C(O)CN1CC(C)Cc2ccccc21. The van der Waals surface area contributed by atoms with Gasteiger partial charge in [0, 0.05) is 18.8 Å². The molecule has 0 amide bonds. The maximum Gasteiger partial charge on any atom is 0.0967 e. The molecule has 0 aromatic heterocycles. The number of aliphatic hydroxyl groups excluding tert-OH is 1. The fourth-order valence-electron chi connectivity index (χ4n) is 3.35. The smallest absolute Gasteiger partial charge is 0.0967 e. The van der Waals surface area contributed by atoms with Gasteiger partial charge in [0.05, 0.1) is 6.10 Å². The first-order valence-electron chi connectivity index (χ1n) is 7.71. The zero-order chi connectivity index (χ0) is 14.8. The monoisotopic (exact) mass is 281 g/mol. The van der Waals surface area contributed by atoms with E-state index in [4.69, 9.17) is 0 Å². The highest BCUT2D eigenvalue weighted by Gasteiger charge is 2.23. The van der Waals surface area contributed by atoms with E-state index >= 15 is 0 Å². The van der Waals surface area contributed by atoms with Crippen molar-refractivity contribution in [2.75, 3.05) is 18.0 Å². The van der Waals surface area contributed by atoms with Crippen molar-refractivity contribution < 1.29 is 5.11 Å². The van der Waals surface area contributed by atoms with Crippen molar-refractivity contribution in [3.05, 3.63) is 65.2 Å². The van der Waals surface area contributed by atoms with Gasteiger partial charge in [0.1, 0.15) is 0 Å². The molecule has 0 radical (unpaired) electrons. The molecule has 21 heavy (non-hydrogen) atoms. The summed E-state index contributed by atoms with van der Waals surface area (Å²) in [6, 6.07) is 16.7. The number of fused-ring (bicyclic) bond motifs is 1. The minimum Gasteiger partial charge on any atom is -0.387 e.